The number of halogens is 2. The molecule has 0 aliphatic heterocycles. The molecule has 0 spiro atoms. The van der Waals surface area contributed by atoms with Crippen molar-refractivity contribution in [2.24, 2.45) is 0 Å². The average molecular weight is 287 g/mol. The number of nitrogens with zero attached hydrogens (tertiary/aromatic N) is 1. The molecule has 0 fully saturated rings. The van der Waals surface area contributed by atoms with Gasteiger partial charge in [0.05, 0.1) is 4.83 Å². The molecule has 2 nitrogen and oxygen atoms in total. The molecule has 2 heterocycles. The predicted molar refractivity (Wildman–Crippen MR) is 63.3 cm³/mol. The van der Waals surface area contributed by atoms with Gasteiger partial charge in [0.15, 0.2) is 5.22 Å². The Morgan fingerprint density at radius 1 is 1.33 bits per heavy atom. The van der Waals surface area contributed by atoms with E-state index in [2.05, 4.69) is 20.9 Å². The highest BCUT2D eigenvalue weighted by atomic mass is 79.9. The fourth-order valence-corrected chi connectivity index (χ4v) is 2.03. The second kappa shape index (κ2) is 4.81. The van der Waals surface area contributed by atoms with Crippen LogP contribution in [0.4, 0.5) is 0 Å². The lowest BCUT2D eigenvalue weighted by Crippen LogP contribution is -1.95. The van der Waals surface area contributed by atoms with E-state index < -0.39 is 0 Å². The molecule has 0 bridgehead atoms. The van der Waals surface area contributed by atoms with Crippen LogP contribution in [0.1, 0.15) is 16.3 Å². The van der Waals surface area contributed by atoms with Crippen LogP contribution < -0.4 is 0 Å². The average Bonchev–Trinajstić information content (AvgIpc) is 2.66. The van der Waals surface area contributed by atoms with Crippen molar-refractivity contribution in [3.63, 3.8) is 0 Å². The smallest absolute Gasteiger partial charge is 0.193 e. The van der Waals surface area contributed by atoms with Crippen molar-refractivity contribution in [3.05, 3.63) is 53.2 Å². The fraction of sp³-hybridized carbons (Fsp3) is 0.182. The summed E-state index contributed by atoms with van der Waals surface area (Å²) in [5, 5.41) is 0.412. The van der Waals surface area contributed by atoms with Crippen molar-refractivity contribution < 1.29 is 4.42 Å². The minimum atomic E-state index is 0.111. The maximum Gasteiger partial charge on any atom is 0.193 e. The summed E-state index contributed by atoms with van der Waals surface area (Å²) >= 11 is 9.25. The molecule has 15 heavy (non-hydrogen) atoms. The number of pyridine rings is 1. The van der Waals surface area contributed by atoms with Crippen molar-refractivity contribution >= 4 is 27.5 Å². The van der Waals surface area contributed by atoms with E-state index >= 15 is 0 Å². The van der Waals surface area contributed by atoms with Gasteiger partial charge in [-0.3, -0.25) is 4.98 Å². The minimum Gasteiger partial charge on any atom is -0.449 e. The van der Waals surface area contributed by atoms with E-state index in [0.717, 1.165) is 17.9 Å². The summed E-state index contributed by atoms with van der Waals surface area (Å²) < 4.78 is 5.31. The monoisotopic (exact) mass is 285 g/mol. The molecule has 0 aliphatic carbocycles. The van der Waals surface area contributed by atoms with Crippen LogP contribution in [0.2, 0.25) is 5.22 Å². The molecule has 1 unspecified atom stereocenters. The Kier molecular flexibility index (Phi) is 3.44. The molecule has 78 valence electrons. The lowest BCUT2D eigenvalue weighted by molar-refractivity contribution is 0.508. The second-order valence-corrected chi connectivity index (χ2v) is 4.61. The molecule has 2 aromatic rings. The first-order chi connectivity index (χ1) is 7.25. The molecule has 1 atom stereocenters. The molecule has 0 amide bonds. The molecule has 0 N–H and O–H groups in total. The van der Waals surface area contributed by atoms with E-state index in [4.69, 9.17) is 16.0 Å². The molecule has 0 aromatic carbocycles. The summed E-state index contributed by atoms with van der Waals surface area (Å²) in [6.07, 6.45) is 2.56. The Morgan fingerprint density at radius 2 is 2.20 bits per heavy atom. The molecule has 0 radical (unpaired) electrons. The third-order valence-electron chi connectivity index (χ3n) is 2.02. The van der Waals surface area contributed by atoms with Crippen molar-refractivity contribution in [3.8, 4) is 0 Å². The van der Waals surface area contributed by atoms with Gasteiger partial charge in [-0.05, 0) is 35.9 Å². The van der Waals surface area contributed by atoms with Crippen molar-refractivity contribution in [2.75, 3.05) is 0 Å². The van der Waals surface area contributed by atoms with E-state index in [9.17, 15) is 0 Å². The topological polar surface area (TPSA) is 26.0 Å². The standard InChI is InChI=1S/C11H9BrClNO/c12-9(10-4-5-11(13)15-10)7-8-3-1-2-6-14-8/h1-6,9H,7H2. The molecular formula is C11H9BrClNO. The summed E-state index contributed by atoms with van der Waals surface area (Å²) in [4.78, 5) is 4.36. The van der Waals surface area contributed by atoms with Crippen LogP contribution in [-0.2, 0) is 6.42 Å². The van der Waals surface area contributed by atoms with Gasteiger partial charge in [-0.1, -0.05) is 22.0 Å². The maximum absolute atomic E-state index is 5.70. The van der Waals surface area contributed by atoms with Crippen molar-refractivity contribution in [1.29, 1.82) is 0 Å². The first-order valence-electron chi connectivity index (χ1n) is 4.55. The molecule has 0 saturated carbocycles. The van der Waals surface area contributed by atoms with E-state index in [1.165, 1.54) is 0 Å². The second-order valence-electron chi connectivity index (χ2n) is 3.13. The van der Waals surface area contributed by atoms with E-state index in [1.807, 2.05) is 24.3 Å². The van der Waals surface area contributed by atoms with Crippen molar-refractivity contribution in [2.45, 2.75) is 11.2 Å². The Hall–Kier alpha value is -0.800. The number of rotatable bonds is 3. The van der Waals surface area contributed by atoms with Crippen LogP contribution in [0.5, 0.6) is 0 Å². The summed E-state index contributed by atoms with van der Waals surface area (Å²) in [5.41, 5.74) is 1.02. The van der Waals surface area contributed by atoms with Crippen LogP contribution >= 0.6 is 27.5 Å². The first-order valence-corrected chi connectivity index (χ1v) is 5.84. The maximum atomic E-state index is 5.70. The quantitative estimate of drug-likeness (QED) is 0.797. The van der Waals surface area contributed by atoms with Gasteiger partial charge in [-0.25, -0.2) is 0 Å². The van der Waals surface area contributed by atoms with Gasteiger partial charge in [0.25, 0.3) is 0 Å². The molecular weight excluding hydrogens is 277 g/mol. The molecule has 4 heteroatoms. The lowest BCUT2D eigenvalue weighted by Gasteiger charge is -2.05. The van der Waals surface area contributed by atoms with Gasteiger partial charge >= 0.3 is 0 Å². The Bertz CT molecular complexity index is 429. The van der Waals surface area contributed by atoms with E-state index in [-0.39, 0.29) is 4.83 Å². The molecule has 0 saturated heterocycles. The largest absolute Gasteiger partial charge is 0.449 e. The number of furan rings is 1. The highest BCUT2D eigenvalue weighted by molar-refractivity contribution is 9.09. The highest BCUT2D eigenvalue weighted by Gasteiger charge is 2.12. The molecule has 0 aliphatic rings. The lowest BCUT2D eigenvalue weighted by atomic mass is 10.2. The van der Waals surface area contributed by atoms with Gasteiger partial charge < -0.3 is 4.42 Å². The Balaban J connectivity index is 2.07. The summed E-state index contributed by atoms with van der Waals surface area (Å²) in [6.45, 7) is 0. The summed E-state index contributed by atoms with van der Waals surface area (Å²) in [5.74, 6) is 0.825. The van der Waals surface area contributed by atoms with E-state index in [1.54, 1.807) is 12.3 Å². The van der Waals surface area contributed by atoms with Gasteiger partial charge in [0, 0.05) is 18.3 Å². The van der Waals surface area contributed by atoms with Crippen LogP contribution in [0, 0.1) is 0 Å². The van der Waals surface area contributed by atoms with Crippen LogP contribution in [-0.4, -0.2) is 4.98 Å². The van der Waals surface area contributed by atoms with Crippen LogP contribution in [0.3, 0.4) is 0 Å². The van der Waals surface area contributed by atoms with Crippen LogP contribution in [0.15, 0.2) is 40.9 Å². The number of alkyl halides is 1. The normalized spacial score (nSPS) is 12.7. The molecule has 2 aromatic heterocycles. The highest BCUT2D eigenvalue weighted by Crippen LogP contribution is 2.29. The number of hydrogen-bond donors (Lipinski definition) is 0. The zero-order valence-corrected chi connectivity index (χ0v) is 10.2. The van der Waals surface area contributed by atoms with Gasteiger partial charge in [-0.15, -0.1) is 0 Å². The predicted octanol–water partition coefficient (Wildman–Crippen LogP) is 4.01. The Labute approximate surface area is 101 Å². The third-order valence-corrected chi connectivity index (χ3v) is 3.00. The number of aromatic nitrogens is 1. The SMILES string of the molecule is Clc1ccc(C(Br)Cc2ccccn2)o1. The third kappa shape index (κ3) is 2.83. The number of hydrogen-bond acceptors (Lipinski definition) is 2. The van der Waals surface area contributed by atoms with Gasteiger partial charge in [0.1, 0.15) is 5.76 Å². The van der Waals surface area contributed by atoms with Crippen LogP contribution in [0.25, 0.3) is 0 Å². The summed E-state index contributed by atoms with van der Waals surface area (Å²) in [7, 11) is 0. The van der Waals surface area contributed by atoms with Gasteiger partial charge in [-0.2, -0.15) is 0 Å². The Morgan fingerprint density at radius 3 is 2.80 bits per heavy atom. The van der Waals surface area contributed by atoms with Crippen molar-refractivity contribution in [1.82, 2.24) is 4.98 Å². The zero-order valence-electron chi connectivity index (χ0n) is 7.86. The summed E-state index contributed by atoms with van der Waals surface area (Å²) in [6, 6.07) is 9.46. The molecule has 2 rings (SSSR count). The van der Waals surface area contributed by atoms with Gasteiger partial charge in [0.2, 0.25) is 0 Å². The zero-order chi connectivity index (χ0) is 10.7. The first kappa shape index (κ1) is 10.7. The fourth-order valence-electron chi connectivity index (χ4n) is 1.30. The minimum absolute atomic E-state index is 0.111. The van der Waals surface area contributed by atoms with E-state index in [0.29, 0.717) is 5.22 Å².